The summed E-state index contributed by atoms with van der Waals surface area (Å²) >= 11 is 6.05. The van der Waals surface area contributed by atoms with E-state index in [1.54, 1.807) is 66.7 Å². The van der Waals surface area contributed by atoms with Crippen LogP contribution in [0.5, 0.6) is 5.75 Å². The van der Waals surface area contributed by atoms with Gasteiger partial charge in [-0.15, -0.1) is 0 Å². The van der Waals surface area contributed by atoms with Crippen LogP contribution in [0.3, 0.4) is 0 Å². The number of amides is 2. The lowest BCUT2D eigenvalue weighted by atomic mass is 10.1. The van der Waals surface area contributed by atoms with Gasteiger partial charge in [0.05, 0.1) is 17.7 Å². The van der Waals surface area contributed by atoms with E-state index in [9.17, 15) is 18.0 Å². The molecule has 0 aliphatic heterocycles. The second-order valence-electron chi connectivity index (χ2n) is 8.86. The van der Waals surface area contributed by atoms with Gasteiger partial charge in [0.15, 0.2) is 0 Å². The van der Waals surface area contributed by atoms with Gasteiger partial charge >= 0.3 is 0 Å². The van der Waals surface area contributed by atoms with Crippen molar-refractivity contribution in [3.63, 3.8) is 0 Å². The molecule has 0 aliphatic carbocycles. The summed E-state index contributed by atoms with van der Waals surface area (Å²) in [5.74, 6) is -0.535. The summed E-state index contributed by atoms with van der Waals surface area (Å²) in [6.07, 6.45) is 1.08. The molecule has 39 heavy (non-hydrogen) atoms. The summed E-state index contributed by atoms with van der Waals surface area (Å²) in [5, 5.41) is 3.41. The molecule has 0 aliphatic rings. The highest BCUT2D eigenvalue weighted by Gasteiger charge is 2.34. The standard InChI is InChI=1S/C29H34ClN3O5S/c1-4-19-31-29(35)25(5-2)32(20-22-15-17-23(30)18-16-22)28(34)21-33(26-13-9-10-14-27(26)38-3)39(36,37)24-11-7-6-8-12-24/h6-18,25H,4-5,19-21H2,1-3H3,(H,31,35). The van der Waals surface area contributed by atoms with Crippen LogP contribution in [0.15, 0.2) is 83.8 Å². The Morgan fingerprint density at radius 1 is 0.949 bits per heavy atom. The van der Waals surface area contributed by atoms with Gasteiger partial charge in [0.1, 0.15) is 18.3 Å². The van der Waals surface area contributed by atoms with Crippen LogP contribution in [-0.4, -0.2) is 51.4 Å². The number of methoxy groups -OCH3 is 1. The van der Waals surface area contributed by atoms with Gasteiger partial charge < -0.3 is 15.0 Å². The van der Waals surface area contributed by atoms with Crippen molar-refractivity contribution in [2.45, 2.75) is 44.2 Å². The Morgan fingerprint density at radius 3 is 2.21 bits per heavy atom. The Balaban J connectivity index is 2.07. The number of sulfonamides is 1. The number of anilines is 1. The Labute approximate surface area is 235 Å². The van der Waals surface area contributed by atoms with E-state index in [-0.39, 0.29) is 23.0 Å². The Bertz CT molecular complexity index is 1350. The molecule has 10 heteroatoms. The number of para-hydroxylation sites is 2. The minimum atomic E-state index is -4.17. The van der Waals surface area contributed by atoms with Crippen LogP contribution in [0, 0.1) is 0 Å². The molecule has 3 rings (SSSR count). The zero-order chi connectivity index (χ0) is 28.4. The average Bonchev–Trinajstić information content (AvgIpc) is 2.95. The van der Waals surface area contributed by atoms with Gasteiger partial charge in [-0.05, 0) is 54.8 Å². The number of benzene rings is 3. The summed E-state index contributed by atoms with van der Waals surface area (Å²) in [7, 11) is -2.74. The fourth-order valence-electron chi connectivity index (χ4n) is 4.14. The summed E-state index contributed by atoms with van der Waals surface area (Å²) in [5.41, 5.74) is 0.969. The number of rotatable bonds is 13. The van der Waals surface area contributed by atoms with Gasteiger partial charge in [-0.25, -0.2) is 8.42 Å². The van der Waals surface area contributed by atoms with Crippen molar-refractivity contribution in [1.82, 2.24) is 10.2 Å². The molecule has 0 bridgehead atoms. The topological polar surface area (TPSA) is 96.0 Å². The molecule has 1 unspecified atom stereocenters. The zero-order valence-corrected chi connectivity index (χ0v) is 23.9. The van der Waals surface area contributed by atoms with Gasteiger partial charge in [-0.2, -0.15) is 0 Å². The predicted octanol–water partition coefficient (Wildman–Crippen LogP) is 4.88. The summed E-state index contributed by atoms with van der Waals surface area (Å²) in [4.78, 5) is 28.6. The van der Waals surface area contributed by atoms with E-state index in [2.05, 4.69) is 5.32 Å². The van der Waals surface area contributed by atoms with Crippen LogP contribution >= 0.6 is 11.6 Å². The highest BCUT2D eigenvalue weighted by atomic mass is 35.5. The number of halogens is 1. The normalized spacial score (nSPS) is 11.9. The molecule has 0 saturated carbocycles. The number of carbonyl (C=O) groups excluding carboxylic acids is 2. The highest BCUT2D eigenvalue weighted by Crippen LogP contribution is 2.32. The van der Waals surface area contributed by atoms with Crippen LogP contribution in [0.1, 0.15) is 32.3 Å². The third-order valence-corrected chi connectivity index (χ3v) is 8.19. The third-order valence-electron chi connectivity index (χ3n) is 6.17. The average molecular weight is 572 g/mol. The Kier molecular flexibility index (Phi) is 10.8. The van der Waals surface area contributed by atoms with Crippen LogP contribution in [-0.2, 0) is 26.2 Å². The van der Waals surface area contributed by atoms with Crippen LogP contribution in [0.25, 0.3) is 0 Å². The van der Waals surface area contributed by atoms with Crippen molar-refractivity contribution in [2.24, 2.45) is 0 Å². The van der Waals surface area contributed by atoms with E-state index >= 15 is 0 Å². The van der Waals surface area contributed by atoms with Crippen molar-refractivity contribution in [2.75, 3.05) is 24.5 Å². The molecule has 1 N–H and O–H groups in total. The molecule has 0 fully saturated rings. The number of hydrogen-bond acceptors (Lipinski definition) is 5. The van der Waals surface area contributed by atoms with Gasteiger partial charge in [0.25, 0.3) is 10.0 Å². The zero-order valence-electron chi connectivity index (χ0n) is 22.3. The van der Waals surface area contributed by atoms with Gasteiger partial charge in [-0.3, -0.25) is 13.9 Å². The Hall–Kier alpha value is -3.56. The number of nitrogens with zero attached hydrogens (tertiary/aromatic N) is 2. The molecule has 0 radical (unpaired) electrons. The van der Waals surface area contributed by atoms with Crippen molar-refractivity contribution in [1.29, 1.82) is 0 Å². The van der Waals surface area contributed by atoms with Crippen LogP contribution in [0.4, 0.5) is 5.69 Å². The van der Waals surface area contributed by atoms with E-state index in [1.807, 2.05) is 13.8 Å². The maximum Gasteiger partial charge on any atom is 0.264 e. The van der Waals surface area contributed by atoms with E-state index in [4.69, 9.17) is 16.3 Å². The smallest absolute Gasteiger partial charge is 0.264 e. The molecule has 208 valence electrons. The lowest BCUT2D eigenvalue weighted by molar-refractivity contribution is -0.140. The van der Waals surface area contributed by atoms with Crippen molar-refractivity contribution < 1.29 is 22.7 Å². The first-order chi connectivity index (χ1) is 18.7. The van der Waals surface area contributed by atoms with E-state index < -0.39 is 28.5 Å². The minimum Gasteiger partial charge on any atom is -0.495 e. The second-order valence-corrected chi connectivity index (χ2v) is 11.2. The lowest BCUT2D eigenvalue weighted by Gasteiger charge is -2.33. The number of nitrogens with one attached hydrogen (secondary N) is 1. The summed E-state index contributed by atoms with van der Waals surface area (Å²) < 4.78 is 34.2. The largest absolute Gasteiger partial charge is 0.495 e. The van der Waals surface area contributed by atoms with Crippen molar-refractivity contribution >= 4 is 39.1 Å². The van der Waals surface area contributed by atoms with Crippen molar-refractivity contribution in [3.05, 3.63) is 89.4 Å². The Morgan fingerprint density at radius 2 is 1.59 bits per heavy atom. The predicted molar refractivity (Wildman–Crippen MR) is 153 cm³/mol. The molecule has 3 aromatic rings. The third kappa shape index (κ3) is 7.52. The lowest BCUT2D eigenvalue weighted by Crippen LogP contribution is -2.52. The monoisotopic (exact) mass is 571 g/mol. The fraction of sp³-hybridized carbons (Fsp3) is 0.310. The molecule has 1 atom stereocenters. The molecule has 0 spiro atoms. The summed E-state index contributed by atoms with van der Waals surface area (Å²) in [6.45, 7) is 3.78. The molecular weight excluding hydrogens is 538 g/mol. The number of carbonyl (C=O) groups is 2. The molecule has 3 aromatic carbocycles. The highest BCUT2D eigenvalue weighted by molar-refractivity contribution is 7.92. The molecule has 0 aromatic heterocycles. The van der Waals surface area contributed by atoms with Gasteiger partial charge in [-0.1, -0.05) is 67.9 Å². The van der Waals surface area contributed by atoms with Crippen LogP contribution < -0.4 is 14.4 Å². The molecule has 2 amide bonds. The first-order valence-electron chi connectivity index (χ1n) is 12.7. The summed E-state index contributed by atoms with van der Waals surface area (Å²) in [6, 6.07) is 20.7. The molecule has 0 saturated heterocycles. The molecular formula is C29H34ClN3O5S. The fourth-order valence-corrected chi connectivity index (χ4v) is 5.71. The first kappa shape index (κ1) is 30.0. The second kappa shape index (κ2) is 14.0. The van der Waals surface area contributed by atoms with Gasteiger partial charge in [0, 0.05) is 18.1 Å². The maximum absolute atomic E-state index is 14.0. The van der Waals surface area contributed by atoms with Gasteiger partial charge in [0.2, 0.25) is 11.8 Å². The maximum atomic E-state index is 14.0. The molecule has 8 nitrogen and oxygen atoms in total. The first-order valence-corrected chi connectivity index (χ1v) is 14.6. The van der Waals surface area contributed by atoms with Crippen LogP contribution in [0.2, 0.25) is 5.02 Å². The molecule has 0 heterocycles. The number of hydrogen-bond donors (Lipinski definition) is 1. The van der Waals surface area contributed by atoms with E-state index in [1.165, 1.54) is 24.1 Å². The van der Waals surface area contributed by atoms with E-state index in [0.717, 1.165) is 16.3 Å². The SMILES string of the molecule is CCCNC(=O)C(CC)N(Cc1ccc(Cl)cc1)C(=O)CN(c1ccccc1OC)S(=O)(=O)c1ccccc1. The van der Waals surface area contributed by atoms with E-state index in [0.29, 0.717) is 23.7 Å². The number of ether oxygens (including phenoxy) is 1. The quantitative estimate of drug-likeness (QED) is 0.315. The van der Waals surface area contributed by atoms with Crippen molar-refractivity contribution in [3.8, 4) is 5.75 Å². The minimum absolute atomic E-state index is 0.0284.